The van der Waals surface area contributed by atoms with Gasteiger partial charge in [0.15, 0.2) is 0 Å². The molecule has 1 amide bonds. The highest BCUT2D eigenvalue weighted by Crippen LogP contribution is 2.53. The lowest BCUT2D eigenvalue weighted by molar-refractivity contribution is -0.946. The van der Waals surface area contributed by atoms with Gasteiger partial charge in [-0.2, -0.15) is 0 Å². The Morgan fingerprint density at radius 3 is 2.28 bits per heavy atom. The Morgan fingerprint density at radius 1 is 0.872 bits per heavy atom. The number of piperidine rings is 4. The van der Waals surface area contributed by atoms with Crippen LogP contribution in [0, 0.1) is 11.3 Å². The van der Waals surface area contributed by atoms with Crippen LogP contribution in [0.2, 0.25) is 10.0 Å². The Bertz CT molecular complexity index is 1140. The molecule has 4 saturated heterocycles. The summed E-state index contributed by atoms with van der Waals surface area (Å²) in [5.74, 6) is 1.23. The summed E-state index contributed by atoms with van der Waals surface area (Å²) in [7, 11) is 0. The molecule has 5 aliphatic rings. The molecule has 5 heteroatoms. The summed E-state index contributed by atoms with van der Waals surface area (Å²) in [4.78, 5) is 15.6. The predicted octanol–water partition coefficient (Wildman–Crippen LogP) is 8.07. The van der Waals surface area contributed by atoms with Crippen molar-refractivity contribution in [1.82, 2.24) is 4.90 Å². The molecule has 0 N–H and O–H groups in total. The van der Waals surface area contributed by atoms with E-state index >= 15 is 0 Å². The van der Waals surface area contributed by atoms with Crippen LogP contribution in [0.3, 0.4) is 0 Å². The molecule has 4 heterocycles. The molecule has 3 nitrogen and oxygen atoms in total. The maximum Gasteiger partial charge on any atom is 0.227 e. The van der Waals surface area contributed by atoms with Crippen LogP contribution < -0.4 is 0 Å². The first-order valence-electron chi connectivity index (χ1n) is 15.5. The van der Waals surface area contributed by atoms with Crippen LogP contribution in [0.15, 0.2) is 48.5 Å². The highest BCUT2D eigenvalue weighted by atomic mass is 35.5. The second-order valence-electron chi connectivity index (χ2n) is 13.4. The van der Waals surface area contributed by atoms with Crippen LogP contribution in [0.4, 0.5) is 0 Å². The molecular weight excluding hydrogens is 523 g/mol. The smallest absolute Gasteiger partial charge is 0.227 e. The Kier molecular flexibility index (Phi) is 8.06. The van der Waals surface area contributed by atoms with Crippen LogP contribution in [-0.2, 0) is 16.6 Å². The molecule has 2 aromatic rings. The molecule has 0 radical (unpaired) electrons. The zero-order valence-corrected chi connectivity index (χ0v) is 25.0. The zero-order chi connectivity index (χ0) is 26.9. The van der Waals surface area contributed by atoms with Gasteiger partial charge < -0.3 is 9.38 Å². The van der Waals surface area contributed by atoms with Crippen molar-refractivity contribution in [1.29, 1.82) is 0 Å². The van der Waals surface area contributed by atoms with Gasteiger partial charge in [-0.15, -0.1) is 0 Å². The SMILES string of the molecule is O=C(Cc1ccccc1)N1CCC[C@](CC[N+]23CCC(C4CCCCC4)(CC2)CC3)(c2ccc(Cl)c(Cl)c2)C1. The highest BCUT2D eigenvalue weighted by Gasteiger charge is 2.53. The highest BCUT2D eigenvalue weighted by molar-refractivity contribution is 6.42. The van der Waals surface area contributed by atoms with E-state index in [-0.39, 0.29) is 11.3 Å². The number of amides is 1. The van der Waals surface area contributed by atoms with Gasteiger partial charge in [-0.25, -0.2) is 0 Å². The van der Waals surface area contributed by atoms with Crippen LogP contribution in [-0.4, -0.2) is 54.6 Å². The van der Waals surface area contributed by atoms with E-state index in [0.717, 1.165) is 43.8 Å². The molecule has 1 aliphatic carbocycles. The third-order valence-corrected chi connectivity index (χ3v) is 12.2. The Morgan fingerprint density at radius 2 is 1.59 bits per heavy atom. The molecule has 2 bridgehead atoms. The molecule has 1 atom stereocenters. The predicted molar refractivity (Wildman–Crippen MR) is 161 cm³/mol. The lowest BCUT2D eigenvalue weighted by atomic mass is 9.59. The van der Waals surface area contributed by atoms with E-state index in [2.05, 4.69) is 29.2 Å². The number of fused-ring (bicyclic) bond motifs is 3. The van der Waals surface area contributed by atoms with Crippen LogP contribution in [0.25, 0.3) is 0 Å². The number of carbonyl (C=O) groups is 1. The number of quaternary nitrogens is 1. The van der Waals surface area contributed by atoms with Gasteiger partial charge in [0, 0.05) is 44.2 Å². The van der Waals surface area contributed by atoms with E-state index in [1.54, 1.807) is 0 Å². The fraction of sp³-hybridized carbons (Fsp3) is 0.618. The Labute approximate surface area is 245 Å². The van der Waals surface area contributed by atoms with Crippen molar-refractivity contribution in [2.45, 2.75) is 82.5 Å². The van der Waals surface area contributed by atoms with Crippen molar-refractivity contribution in [2.75, 3.05) is 39.3 Å². The summed E-state index contributed by atoms with van der Waals surface area (Å²) < 4.78 is 1.29. The molecule has 210 valence electrons. The molecule has 4 aliphatic heterocycles. The molecule has 1 saturated carbocycles. The Balaban J connectivity index is 1.19. The van der Waals surface area contributed by atoms with Gasteiger partial charge in [0.2, 0.25) is 5.91 Å². The van der Waals surface area contributed by atoms with E-state index < -0.39 is 0 Å². The molecule has 39 heavy (non-hydrogen) atoms. The number of hydrogen-bond donors (Lipinski definition) is 0. The van der Waals surface area contributed by atoms with Gasteiger partial charge in [-0.3, -0.25) is 4.79 Å². The number of rotatable bonds is 7. The van der Waals surface area contributed by atoms with E-state index in [1.807, 2.05) is 24.3 Å². The number of hydrogen-bond acceptors (Lipinski definition) is 1. The van der Waals surface area contributed by atoms with E-state index in [9.17, 15) is 4.79 Å². The van der Waals surface area contributed by atoms with E-state index in [1.165, 1.54) is 87.6 Å². The third kappa shape index (κ3) is 5.66. The van der Waals surface area contributed by atoms with Crippen molar-refractivity contribution < 1.29 is 9.28 Å². The number of carbonyl (C=O) groups excluding carboxylic acids is 1. The first kappa shape index (κ1) is 27.6. The first-order chi connectivity index (χ1) is 18.9. The van der Waals surface area contributed by atoms with Gasteiger partial charge in [0.1, 0.15) is 0 Å². The maximum atomic E-state index is 13.5. The topological polar surface area (TPSA) is 20.3 Å². The van der Waals surface area contributed by atoms with E-state index in [0.29, 0.717) is 21.9 Å². The molecular formula is C34H45Cl2N2O+. The number of nitrogens with zero attached hydrogens (tertiary/aromatic N) is 2. The minimum atomic E-state index is -0.0683. The average Bonchev–Trinajstić information content (AvgIpc) is 2.99. The van der Waals surface area contributed by atoms with Gasteiger partial charge in [-0.05, 0) is 60.3 Å². The summed E-state index contributed by atoms with van der Waals surface area (Å²) in [6.07, 6.45) is 15.3. The second kappa shape index (κ2) is 11.4. The number of halogens is 2. The minimum Gasteiger partial charge on any atom is -0.342 e. The average molecular weight is 569 g/mol. The maximum absolute atomic E-state index is 13.5. The molecule has 2 aromatic carbocycles. The molecule has 0 unspecified atom stereocenters. The van der Waals surface area contributed by atoms with Crippen LogP contribution in [0.5, 0.6) is 0 Å². The Hall–Kier alpha value is -1.55. The third-order valence-electron chi connectivity index (χ3n) is 11.4. The van der Waals surface area contributed by atoms with Crippen LogP contribution in [0.1, 0.15) is 81.8 Å². The van der Waals surface area contributed by atoms with Crippen molar-refractivity contribution in [3.63, 3.8) is 0 Å². The lowest BCUT2D eigenvalue weighted by Gasteiger charge is -2.58. The second-order valence-corrected chi connectivity index (χ2v) is 14.2. The van der Waals surface area contributed by atoms with Crippen LogP contribution >= 0.6 is 23.2 Å². The minimum absolute atomic E-state index is 0.0683. The lowest BCUT2D eigenvalue weighted by Crippen LogP contribution is -2.64. The van der Waals surface area contributed by atoms with Gasteiger partial charge in [-0.1, -0.05) is 78.9 Å². The summed E-state index contributed by atoms with van der Waals surface area (Å²) >= 11 is 12.9. The summed E-state index contributed by atoms with van der Waals surface area (Å²) in [6, 6.07) is 16.4. The number of likely N-dealkylation sites (tertiary alicyclic amines) is 1. The first-order valence-corrected chi connectivity index (χ1v) is 16.3. The largest absolute Gasteiger partial charge is 0.342 e. The molecule has 0 spiro atoms. The standard InChI is InChI=1S/C34H45Cl2N2O/c35-30-13-12-29(25-31(30)36)34(14-7-19-37(26-34)32(39)24-27-8-3-1-4-9-27)18-23-38-20-15-33(16-21-38,17-22-38)28-10-5-2-6-11-28/h1,3-4,8-9,12-13,25,28H,2,5-7,10-11,14-24,26H2/q+1/t33?,34-,38?/m1/s1. The number of benzene rings is 2. The van der Waals surface area contributed by atoms with Crippen molar-refractivity contribution >= 4 is 29.1 Å². The van der Waals surface area contributed by atoms with Crippen molar-refractivity contribution in [2.24, 2.45) is 11.3 Å². The molecule has 0 aromatic heterocycles. The molecule has 5 fully saturated rings. The summed E-state index contributed by atoms with van der Waals surface area (Å²) in [6.45, 7) is 6.89. The van der Waals surface area contributed by atoms with Gasteiger partial charge >= 0.3 is 0 Å². The monoisotopic (exact) mass is 567 g/mol. The molecule has 7 rings (SSSR count). The fourth-order valence-corrected chi connectivity index (χ4v) is 9.14. The normalized spacial score (nSPS) is 31.4. The summed E-state index contributed by atoms with van der Waals surface area (Å²) in [5.41, 5.74) is 2.93. The summed E-state index contributed by atoms with van der Waals surface area (Å²) in [5, 5.41) is 1.23. The fourth-order valence-electron chi connectivity index (χ4n) is 8.84. The van der Waals surface area contributed by atoms with E-state index in [4.69, 9.17) is 23.2 Å². The van der Waals surface area contributed by atoms with Gasteiger partial charge in [0.05, 0.1) is 42.6 Å². The quantitative estimate of drug-likeness (QED) is 0.310. The van der Waals surface area contributed by atoms with Crippen molar-refractivity contribution in [3.8, 4) is 0 Å². The van der Waals surface area contributed by atoms with Gasteiger partial charge in [0.25, 0.3) is 0 Å². The zero-order valence-electron chi connectivity index (χ0n) is 23.5. The van der Waals surface area contributed by atoms with Crippen molar-refractivity contribution in [3.05, 3.63) is 69.7 Å².